The summed E-state index contributed by atoms with van der Waals surface area (Å²) in [6.07, 6.45) is -0.464. The molecule has 3 N–H and O–H groups in total. The summed E-state index contributed by atoms with van der Waals surface area (Å²) in [5, 5.41) is 9.68. The maximum Gasteiger partial charge on any atom is 0.124 e. The Bertz CT molecular complexity index is 360. The van der Waals surface area contributed by atoms with Gasteiger partial charge in [0.25, 0.3) is 0 Å². The zero-order valence-electron chi connectivity index (χ0n) is 9.10. The van der Waals surface area contributed by atoms with Crippen LogP contribution in [0.5, 0.6) is 5.75 Å². The van der Waals surface area contributed by atoms with Gasteiger partial charge >= 0.3 is 0 Å². The van der Waals surface area contributed by atoms with E-state index < -0.39 is 11.6 Å². The van der Waals surface area contributed by atoms with Crippen LogP contribution in [0.25, 0.3) is 0 Å². The van der Waals surface area contributed by atoms with Gasteiger partial charge in [-0.3, -0.25) is 0 Å². The van der Waals surface area contributed by atoms with Gasteiger partial charge in [-0.1, -0.05) is 18.2 Å². The molecule has 0 aliphatic carbocycles. The van der Waals surface area contributed by atoms with Crippen LogP contribution >= 0.6 is 0 Å². The van der Waals surface area contributed by atoms with Gasteiger partial charge in [0, 0.05) is 11.5 Å². The molecule has 1 aromatic carbocycles. The van der Waals surface area contributed by atoms with Crippen molar-refractivity contribution in [3.05, 3.63) is 29.8 Å². The van der Waals surface area contributed by atoms with Crippen LogP contribution in [0.2, 0.25) is 0 Å². The molecule has 1 heterocycles. The van der Waals surface area contributed by atoms with Crippen molar-refractivity contribution in [3.8, 4) is 5.75 Å². The first-order chi connectivity index (χ1) is 7.03. The van der Waals surface area contributed by atoms with E-state index in [1.807, 2.05) is 31.2 Å². The highest BCUT2D eigenvalue weighted by molar-refractivity contribution is 5.41. The predicted octanol–water partition coefficient (Wildman–Crippen LogP) is 1.25. The highest BCUT2D eigenvalue weighted by atomic mass is 16.5. The van der Waals surface area contributed by atoms with Crippen molar-refractivity contribution < 1.29 is 9.84 Å². The monoisotopic (exact) mass is 207 g/mol. The van der Waals surface area contributed by atoms with Crippen LogP contribution in [-0.4, -0.2) is 17.8 Å². The van der Waals surface area contributed by atoms with Crippen LogP contribution in [0.15, 0.2) is 24.3 Å². The average molecular weight is 207 g/mol. The summed E-state index contributed by atoms with van der Waals surface area (Å²) >= 11 is 0. The van der Waals surface area contributed by atoms with Crippen molar-refractivity contribution in [2.45, 2.75) is 25.5 Å². The van der Waals surface area contributed by atoms with E-state index in [2.05, 4.69) is 0 Å². The quantitative estimate of drug-likeness (QED) is 0.728. The van der Waals surface area contributed by atoms with Crippen molar-refractivity contribution in [1.29, 1.82) is 0 Å². The second-order valence-electron chi connectivity index (χ2n) is 4.44. The normalized spacial score (nSPS) is 31.6. The minimum Gasteiger partial charge on any atom is -0.493 e. The molecule has 1 aliphatic heterocycles. The molecule has 15 heavy (non-hydrogen) atoms. The van der Waals surface area contributed by atoms with Gasteiger partial charge in [-0.25, -0.2) is 0 Å². The number of hydrogen-bond acceptors (Lipinski definition) is 3. The Kier molecular flexibility index (Phi) is 2.44. The maximum absolute atomic E-state index is 9.68. The molecule has 3 atom stereocenters. The minimum atomic E-state index is -0.525. The maximum atomic E-state index is 9.68. The zero-order valence-corrected chi connectivity index (χ0v) is 9.10. The van der Waals surface area contributed by atoms with Crippen molar-refractivity contribution in [3.63, 3.8) is 0 Å². The summed E-state index contributed by atoms with van der Waals surface area (Å²) in [4.78, 5) is 0. The Morgan fingerprint density at radius 2 is 2.20 bits per heavy atom. The topological polar surface area (TPSA) is 55.5 Å². The second-order valence-corrected chi connectivity index (χ2v) is 4.44. The van der Waals surface area contributed by atoms with Gasteiger partial charge < -0.3 is 15.6 Å². The molecule has 0 amide bonds. The molecule has 0 fully saturated rings. The molecule has 0 radical (unpaired) electrons. The van der Waals surface area contributed by atoms with Gasteiger partial charge in [0.05, 0.1) is 18.2 Å². The molecular weight excluding hydrogens is 190 g/mol. The van der Waals surface area contributed by atoms with E-state index in [0.717, 1.165) is 11.3 Å². The number of para-hydroxylation sites is 1. The predicted molar refractivity (Wildman–Crippen MR) is 58.6 cm³/mol. The largest absolute Gasteiger partial charge is 0.493 e. The van der Waals surface area contributed by atoms with Crippen LogP contribution in [0.4, 0.5) is 0 Å². The van der Waals surface area contributed by atoms with Gasteiger partial charge in [-0.15, -0.1) is 0 Å². The number of fused-ring (bicyclic) bond motifs is 1. The molecule has 1 aromatic rings. The van der Waals surface area contributed by atoms with Gasteiger partial charge in [-0.05, 0) is 19.9 Å². The highest BCUT2D eigenvalue weighted by Crippen LogP contribution is 2.39. The molecule has 0 saturated carbocycles. The SMILES string of the molecule is C[C@H](O)[C@@H]1COc2ccccc2[C@]1(C)N. The van der Waals surface area contributed by atoms with E-state index in [1.165, 1.54) is 0 Å². The van der Waals surface area contributed by atoms with Gasteiger partial charge in [0.2, 0.25) is 0 Å². The van der Waals surface area contributed by atoms with E-state index in [0.29, 0.717) is 6.61 Å². The second kappa shape index (κ2) is 3.51. The smallest absolute Gasteiger partial charge is 0.124 e. The molecule has 0 unspecified atom stereocenters. The molecular formula is C12H17NO2. The Labute approximate surface area is 89.9 Å². The molecule has 1 aliphatic rings. The Balaban J connectivity index is 2.44. The first kappa shape index (κ1) is 10.5. The Morgan fingerprint density at radius 3 is 2.87 bits per heavy atom. The summed E-state index contributed by atoms with van der Waals surface area (Å²) in [7, 11) is 0. The van der Waals surface area contributed by atoms with E-state index in [4.69, 9.17) is 10.5 Å². The lowest BCUT2D eigenvalue weighted by molar-refractivity contribution is 0.0274. The van der Waals surface area contributed by atoms with Gasteiger partial charge in [-0.2, -0.15) is 0 Å². The Morgan fingerprint density at radius 1 is 1.53 bits per heavy atom. The fraction of sp³-hybridized carbons (Fsp3) is 0.500. The molecule has 0 bridgehead atoms. The third-order valence-corrected chi connectivity index (χ3v) is 3.24. The van der Waals surface area contributed by atoms with E-state index in [1.54, 1.807) is 6.92 Å². The lowest BCUT2D eigenvalue weighted by atomic mass is 9.76. The van der Waals surface area contributed by atoms with Crippen molar-refractivity contribution >= 4 is 0 Å². The zero-order chi connectivity index (χ0) is 11.1. The number of aliphatic hydroxyl groups excluding tert-OH is 1. The average Bonchev–Trinajstić information content (AvgIpc) is 2.17. The molecule has 2 rings (SSSR count). The number of ether oxygens (including phenoxy) is 1. The molecule has 3 nitrogen and oxygen atoms in total. The van der Waals surface area contributed by atoms with Crippen molar-refractivity contribution in [1.82, 2.24) is 0 Å². The third kappa shape index (κ3) is 1.62. The standard InChI is InChI=1S/C12H17NO2/c1-8(14)10-7-15-11-6-4-3-5-9(11)12(10,2)13/h3-6,8,10,14H,7,13H2,1-2H3/t8-,10-,12-/m0/s1. The highest BCUT2D eigenvalue weighted by Gasteiger charge is 2.40. The molecule has 0 saturated heterocycles. The first-order valence-corrected chi connectivity index (χ1v) is 5.22. The van der Waals surface area contributed by atoms with Crippen molar-refractivity contribution in [2.75, 3.05) is 6.61 Å². The molecule has 3 heteroatoms. The molecule has 0 aromatic heterocycles. The van der Waals surface area contributed by atoms with E-state index in [9.17, 15) is 5.11 Å². The number of nitrogens with two attached hydrogens (primary N) is 1. The minimum absolute atomic E-state index is 0.0626. The summed E-state index contributed by atoms with van der Waals surface area (Å²) in [5.74, 6) is 0.770. The van der Waals surface area contributed by atoms with Gasteiger partial charge in [0.15, 0.2) is 0 Å². The van der Waals surface area contributed by atoms with Crippen LogP contribution in [0, 0.1) is 5.92 Å². The van der Waals surface area contributed by atoms with E-state index >= 15 is 0 Å². The van der Waals surface area contributed by atoms with Crippen LogP contribution in [-0.2, 0) is 5.54 Å². The fourth-order valence-electron chi connectivity index (χ4n) is 2.23. The number of aliphatic hydroxyl groups is 1. The van der Waals surface area contributed by atoms with Crippen LogP contribution in [0.1, 0.15) is 19.4 Å². The lowest BCUT2D eigenvalue weighted by Gasteiger charge is -2.41. The summed E-state index contributed by atoms with van der Waals surface area (Å²) in [6.45, 7) is 4.18. The number of hydrogen-bond donors (Lipinski definition) is 2. The summed E-state index contributed by atoms with van der Waals surface area (Å²) in [6, 6.07) is 7.75. The van der Waals surface area contributed by atoms with E-state index in [-0.39, 0.29) is 5.92 Å². The number of rotatable bonds is 1. The lowest BCUT2D eigenvalue weighted by Crippen LogP contribution is -2.51. The fourth-order valence-corrected chi connectivity index (χ4v) is 2.23. The van der Waals surface area contributed by atoms with Crippen molar-refractivity contribution in [2.24, 2.45) is 11.7 Å². The Hall–Kier alpha value is -1.06. The summed E-state index contributed by atoms with van der Waals surface area (Å²) in [5.41, 5.74) is 6.74. The summed E-state index contributed by atoms with van der Waals surface area (Å²) < 4.78 is 5.59. The third-order valence-electron chi connectivity index (χ3n) is 3.24. The van der Waals surface area contributed by atoms with Crippen LogP contribution in [0.3, 0.4) is 0 Å². The molecule has 82 valence electrons. The number of benzene rings is 1. The van der Waals surface area contributed by atoms with Gasteiger partial charge in [0.1, 0.15) is 5.75 Å². The first-order valence-electron chi connectivity index (χ1n) is 5.22. The van der Waals surface area contributed by atoms with Crippen LogP contribution < -0.4 is 10.5 Å². The molecule has 0 spiro atoms.